The van der Waals surface area contributed by atoms with E-state index in [-0.39, 0.29) is 12.5 Å². The molecule has 1 aromatic heterocycles. The molecule has 1 heterocycles. The van der Waals surface area contributed by atoms with Crippen molar-refractivity contribution in [1.29, 1.82) is 0 Å². The fraction of sp³-hybridized carbons (Fsp3) is 0.455. The summed E-state index contributed by atoms with van der Waals surface area (Å²) in [5.74, 6) is -1.26. The smallest absolute Gasteiger partial charge is 0.342 e. The number of rotatable bonds is 9. The first kappa shape index (κ1) is 23.1. The second kappa shape index (κ2) is 10.6. The van der Waals surface area contributed by atoms with E-state index in [0.29, 0.717) is 36.6 Å². The lowest BCUT2D eigenvalue weighted by Crippen LogP contribution is -2.42. The molecule has 0 saturated carbocycles. The first-order valence-electron chi connectivity index (χ1n) is 10.1. The van der Waals surface area contributed by atoms with Crippen LogP contribution >= 0.6 is 0 Å². The third-order valence-corrected chi connectivity index (χ3v) is 4.81. The maximum absolute atomic E-state index is 12.6. The van der Waals surface area contributed by atoms with Gasteiger partial charge in [0.25, 0.3) is 5.91 Å². The molecule has 0 saturated heterocycles. The number of hydrogen-bond acceptors (Lipinski definition) is 5. The minimum atomic E-state index is -0.595. The third-order valence-electron chi connectivity index (χ3n) is 4.81. The number of carbonyl (C=O) groups excluding carboxylic acids is 3. The molecule has 0 atom stereocenters. The minimum Gasteiger partial charge on any atom is -0.452 e. The van der Waals surface area contributed by atoms with Crippen LogP contribution < -0.4 is 5.32 Å². The van der Waals surface area contributed by atoms with Gasteiger partial charge in [0.2, 0.25) is 5.91 Å². The molecular formula is C22H30N4O4. The summed E-state index contributed by atoms with van der Waals surface area (Å²) in [4.78, 5) is 38.0. The molecule has 8 heteroatoms. The van der Waals surface area contributed by atoms with Gasteiger partial charge in [-0.2, -0.15) is 5.10 Å². The van der Waals surface area contributed by atoms with E-state index in [9.17, 15) is 14.4 Å². The highest BCUT2D eigenvalue weighted by Gasteiger charge is 2.22. The second-order valence-corrected chi connectivity index (χ2v) is 7.13. The van der Waals surface area contributed by atoms with Crippen LogP contribution in [0, 0.1) is 20.8 Å². The van der Waals surface area contributed by atoms with Gasteiger partial charge in [0.15, 0.2) is 6.61 Å². The molecule has 0 radical (unpaired) electrons. The number of benzene rings is 1. The predicted octanol–water partition coefficient (Wildman–Crippen LogP) is 2.00. The molecule has 0 aliphatic heterocycles. The topological polar surface area (TPSA) is 93.5 Å². The molecule has 8 nitrogen and oxygen atoms in total. The minimum absolute atomic E-state index is 0.0622. The Bertz CT molecular complexity index is 903. The van der Waals surface area contributed by atoms with Crippen LogP contribution in [0.1, 0.15) is 46.7 Å². The Morgan fingerprint density at radius 1 is 1.10 bits per heavy atom. The Morgan fingerprint density at radius 2 is 1.77 bits per heavy atom. The lowest BCUT2D eigenvalue weighted by molar-refractivity contribution is -0.138. The average molecular weight is 415 g/mol. The molecule has 2 amide bonds. The fourth-order valence-corrected chi connectivity index (χ4v) is 3.11. The Hall–Kier alpha value is -3.16. The molecule has 0 unspecified atom stereocenters. The molecule has 1 N–H and O–H groups in total. The lowest BCUT2D eigenvalue weighted by atomic mass is 10.1. The molecule has 0 aliphatic rings. The Kier molecular flexibility index (Phi) is 8.15. The number of amides is 2. The molecule has 2 aromatic rings. The Balaban J connectivity index is 2.02. The normalized spacial score (nSPS) is 10.6. The summed E-state index contributed by atoms with van der Waals surface area (Å²) in [6, 6.07) is 8.11. The number of nitrogens with zero attached hydrogens (tertiary/aromatic N) is 3. The van der Waals surface area contributed by atoms with E-state index in [1.54, 1.807) is 32.4 Å². The molecule has 0 spiro atoms. The second-order valence-electron chi connectivity index (χ2n) is 7.13. The van der Waals surface area contributed by atoms with Crippen molar-refractivity contribution in [3.63, 3.8) is 0 Å². The summed E-state index contributed by atoms with van der Waals surface area (Å²) < 4.78 is 7.00. The van der Waals surface area contributed by atoms with Gasteiger partial charge in [0.1, 0.15) is 5.56 Å². The Labute approximate surface area is 177 Å². The summed E-state index contributed by atoms with van der Waals surface area (Å²) in [7, 11) is 0. The van der Waals surface area contributed by atoms with Gasteiger partial charge in [0, 0.05) is 13.1 Å². The SMILES string of the molecule is CCNC(=O)CN(CC)C(=O)COC(=O)c1c(C)nn(Cc2ccc(C)cc2)c1C. The molecule has 0 fully saturated rings. The van der Waals surface area contributed by atoms with Gasteiger partial charge in [-0.15, -0.1) is 0 Å². The molecular weight excluding hydrogens is 384 g/mol. The first-order valence-corrected chi connectivity index (χ1v) is 10.1. The zero-order valence-corrected chi connectivity index (χ0v) is 18.3. The fourth-order valence-electron chi connectivity index (χ4n) is 3.11. The van der Waals surface area contributed by atoms with Crippen molar-refractivity contribution in [2.45, 2.75) is 41.2 Å². The van der Waals surface area contributed by atoms with Crippen molar-refractivity contribution in [2.24, 2.45) is 0 Å². The molecule has 162 valence electrons. The van der Waals surface area contributed by atoms with Crippen molar-refractivity contribution in [2.75, 3.05) is 26.2 Å². The molecule has 0 aliphatic carbocycles. The quantitative estimate of drug-likeness (QED) is 0.634. The van der Waals surface area contributed by atoms with E-state index in [2.05, 4.69) is 10.4 Å². The van der Waals surface area contributed by atoms with Crippen LogP contribution in [0.25, 0.3) is 0 Å². The van der Waals surface area contributed by atoms with Crippen LogP contribution in [0.3, 0.4) is 0 Å². The number of aryl methyl sites for hydroxylation is 2. The number of hydrogen-bond donors (Lipinski definition) is 1. The van der Waals surface area contributed by atoms with Crippen LogP contribution in [0.2, 0.25) is 0 Å². The van der Waals surface area contributed by atoms with E-state index in [1.165, 1.54) is 10.5 Å². The largest absolute Gasteiger partial charge is 0.452 e. The number of aromatic nitrogens is 2. The van der Waals surface area contributed by atoms with E-state index in [0.717, 1.165) is 5.56 Å². The summed E-state index contributed by atoms with van der Waals surface area (Å²) >= 11 is 0. The van der Waals surface area contributed by atoms with Crippen molar-refractivity contribution in [1.82, 2.24) is 20.0 Å². The number of nitrogens with one attached hydrogen (secondary N) is 1. The van der Waals surface area contributed by atoms with Gasteiger partial charge < -0.3 is 15.0 Å². The van der Waals surface area contributed by atoms with E-state index < -0.39 is 18.5 Å². The number of esters is 1. The van der Waals surface area contributed by atoms with Crippen molar-refractivity contribution in [3.05, 3.63) is 52.3 Å². The van der Waals surface area contributed by atoms with Crippen molar-refractivity contribution >= 4 is 17.8 Å². The van der Waals surface area contributed by atoms with E-state index in [4.69, 9.17) is 4.74 Å². The zero-order chi connectivity index (χ0) is 22.3. The monoisotopic (exact) mass is 414 g/mol. The molecule has 2 rings (SSSR count). The highest BCUT2D eigenvalue weighted by atomic mass is 16.5. The standard InChI is InChI=1S/C22H30N4O4/c1-6-23-19(27)13-25(7-2)20(28)14-30-22(29)21-16(4)24-26(17(21)5)12-18-10-8-15(3)9-11-18/h8-11H,6-7,12-14H2,1-5H3,(H,23,27). The molecule has 0 bridgehead atoms. The lowest BCUT2D eigenvalue weighted by Gasteiger charge is -2.20. The van der Waals surface area contributed by atoms with Crippen molar-refractivity contribution < 1.29 is 19.1 Å². The van der Waals surface area contributed by atoms with Gasteiger partial charge >= 0.3 is 5.97 Å². The summed E-state index contributed by atoms with van der Waals surface area (Å²) in [5.41, 5.74) is 3.84. The van der Waals surface area contributed by atoms with Crippen LogP contribution in [0.15, 0.2) is 24.3 Å². The Morgan fingerprint density at radius 3 is 2.37 bits per heavy atom. The summed E-state index contributed by atoms with van der Waals surface area (Å²) in [6.45, 7) is 10.0. The maximum Gasteiger partial charge on any atom is 0.342 e. The predicted molar refractivity (Wildman–Crippen MR) is 113 cm³/mol. The number of carbonyl (C=O) groups is 3. The van der Waals surface area contributed by atoms with Crippen LogP contribution in [-0.4, -0.2) is 58.7 Å². The van der Waals surface area contributed by atoms with Gasteiger partial charge in [-0.1, -0.05) is 29.8 Å². The third kappa shape index (κ3) is 5.92. The van der Waals surface area contributed by atoms with Gasteiger partial charge in [-0.05, 0) is 40.2 Å². The van der Waals surface area contributed by atoms with Crippen LogP contribution in [-0.2, 0) is 20.9 Å². The van der Waals surface area contributed by atoms with Crippen LogP contribution in [0.4, 0.5) is 0 Å². The highest BCUT2D eigenvalue weighted by Crippen LogP contribution is 2.16. The maximum atomic E-state index is 12.6. The van der Waals surface area contributed by atoms with Gasteiger partial charge in [-0.3, -0.25) is 14.3 Å². The number of likely N-dealkylation sites (N-methyl/N-ethyl adjacent to an activating group) is 2. The first-order chi connectivity index (χ1) is 14.3. The highest BCUT2D eigenvalue weighted by molar-refractivity contribution is 5.94. The van der Waals surface area contributed by atoms with E-state index >= 15 is 0 Å². The molecule has 30 heavy (non-hydrogen) atoms. The summed E-state index contributed by atoms with van der Waals surface area (Å²) in [6.07, 6.45) is 0. The summed E-state index contributed by atoms with van der Waals surface area (Å²) in [5, 5.41) is 7.10. The van der Waals surface area contributed by atoms with Crippen molar-refractivity contribution in [3.8, 4) is 0 Å². The van der Waals surface area contributed by atoms with Gasteiger partial charge in [-0.25, -0.2) is 4.79 Å². The zero-order valence-electron chi connectivity index (χ0n) is 18.3. The molecule has 1 aromatic carbocycles. The number of ether oxygens (including phenoxy) is 1. The van der Waals surface area contributed by atoms with Gasteiger partial charge in [0.05, 0.1) is 24.5 Å². The van der Waals surface area contributed by atoms with Crippen LogP contribution in [0.5, 0.6) is 0 Å². The van der Waals surface area contributed by atoms with E-state index in [1.807, 2.05) is 31.2 Å². The average Bonchev–Trinajstić information content (AvgIpc) is 2.99.